The number of carbonyl (C=O) groups is 4. The predicted octanol–water partition coefficient (Wildman–Crippen LogP) is 2.05. The van der Waals surface area contributed by atoms with Crippen LogP contribution in [0.5, 0.6) is 0 Å². The Morgan fingerprint density at radius 1 is 0.903 bits per heavy atom. The molecule has 8 heteroatoms. The Kier molecular flexibility index (Phi) is 9.22. The van der Waals surface area contributed by atoms with Crippen LogP contribution in [0.2, 0.25) is 0 Å². The zero-order valence-corrected chi connectivity index (χ0v) is 17.6. The van der Waals surface area contributed by atoms with E-state index in [2.05, 4.69) is 16.0 Å². The number of ether oxygens (including phenoxy) is 1. The highest BCUT2D eigenvalue weighted by atomic mass is 16.5. The van der Waals surface area contributed by atoms with Crippen molar-refractivity contribution in [2.24, 2.45) is 5.92 Å². The number of amides is 4. The number of carbonyl (C=O) groups excluding carboxylic acids is 4. The van der Waals surface area contributed by atoms with Crippen molar-refractivity contribution < 1.29 is 23.9 Å². The number of benzene rings is 2. The Bertz CT molecular complexity index is 885. The Hall–Kier alpha value is -3.68. The highest BCUT2D eigenvalue weighted by Gasteiger charge is 2.24. The lowest BCUT2D eigenvalue weighted by molar-refractivity contribution is -0.150. The highest BCUT2D eigenvalue weighted by molar-refractivity contribution is 5.98. The summed E-state index contributed by atoms with van der Waals surface area (Å²) in [4.78, 5) is 48.6. The molecule has 0 saturated carbocycles. The molecule has 0 aliphatic heterocycles. The highest BCUT2D eigenvalue weighted by Crippen LogP contribution is 2.07. The first-order valence-corrected chi connectivity index (χ1v) is 9.99. The van der Waals surface area contributed by atoms with E-state index in [-0.39, 0.29) is 12.3 Å². The summed E-state index contributed by atoms with van der Waals surface area (Å²) in [5.41, 5.74) is 1.21. The van der Waals surface area contributed by atoms with Crippen LogP contribution in [0.25, 0.3) is 0 Å². The van der Waals surface area contributed by atoms with Gasteiger partial charge in [0.05, 0.1) is 0 Å². The molecule has 2 aromatic carbocycles. The van der Waals surface area contributed by atoms with Crippen molar-refractivity contribution in [1.82, 2.24) is 16.0 Å². The third-order valence-corrected chi connectivity index (χ3v) is 4.18. The molecule has 3 N–H and O–H groups in total. The number of imide groups is 1. The van der Waals surface area contributed by atoms with Crippen LogP contribution >= 0.6 is 0 Å². The van der Waals surface area contributed by atoms with Gasteiger partial charge in [-0.3, -0.25) is 14.9 Å². The van der Waals surface area contributed by atoms with E-state index in [1.54, 1.807) is 30.3 Å². The summed E-state index contributed by atoms with van der Waals surface area (Å²) in [7, 11) is 0. The van der Waals surface area contributed by atoms with Gasteiger partial charge in [-0.1, -0.05) is 62.4 Å². The average Bonchev–Trinajstić information content (AvgIpc) is 2.77. The lowest BCUT2D eigenvalue weighted by atomic mass is 10.1. The zero-order valence-electron chi connectivity index (χ0n) is 17.6. The molecule has 0 aliphatic rings. The molecule has 0 heterocycles. The summed E-state index contributed by atoms with van der Waals surface area (Å²) in [6.45, 7) is 3.60. The van der Waals surface area contributed by atoms with Gasteiger partial charge in [0, 0.05) is 18.5 Å². The fourth-order valence-electron chi connectivity index (χ4n) is 2.62. The second-order valence-electron chi connectivity index (χ2n) is 7.34. The second-order valence-corrected chi connectivity index (χ2v) is 7.34. The fourth-order valence-corrected chi connectivity index (χ4v) is 2.62. The van der Waals surface area contributed by atoms with Gasteiger partial charge < -0.3 is 15.4 Å². The molecule has 1 atom stereocenters. The molecule has 0 saturated heterocycles. The Morgan fingerprint density at radius 3 is 2.13 bits per heavy atom. The summed E-state index contributed by atoms with van der Waals surface area (Å²) in [6, 6.07) is 15.9. The van der Waals surface area contributed by atoms with Gasteiger partial charge >= 0.3 is 12.0 Å². The standard InChI is InChI=1S/C23H27N3O5/c1-16(2)14-24-23(30)26-20(27)15-31-22(29)19(13-17-9-5-3-6-10-17)25-21(28)18-11-7-4-8-12-18/h3-12,16,19H,13-15H2,1-2H3,(H,25,28)(H2,24,26,27,30). The van der Waals surface area contributed by atoms with Gasteiger partial charge in [-0.05, 0) is 23.6 Å². The third-order valence-electron chi connectivity index (χ3n) is 4.18. The van der Waals surface area contributed by atoms with E-state index < -0.39 is 36.5 Å². The molecule has 2 aromatic rings. The SMILES string of the molecule is CC(C)CNC(=O)NC(=O)COC(=O)C(Cc1ccccc1)NC(=O)c1ccccc1. The number of urea groups is 1. The van der Waals surface area contributed by atoms with E-state index in [1.807, 2.05) is 44.2 Å². The Labute approximate surface area is 181 Å². The van der Waals surface area contributed by atoms with E-state index >= 15 is 0 Å². The van der Waals surface area contributed by atoms with E-state index in [4.69, 9.17) is 4.74 Å². The van der Waals surface area contributed by atoms with Crippen molar-refractivity contribution in [3.05, 3.63) is 71.8 Å². The maximum Gasteiger partial charge on any atom is 0.329 e. The van der Waals surface area contributed by atoms with Crippen LogP contribution in [-0.4, -0.2) is 43.0 Å². The molecule has 164 valence electrons. The van der Waals surface area contributed by atoms with Crippen LogP contribution in [0.4, 0.5) is 4.79 Å². The number of esters is 1. The third kappa shape index (κ3) is 8.69. The molecule has 1 unspecified atom stereocenters. The van der Waals surface area contributed by atoms with Crippen molar-refractivity contribution in [2.45, 2.75) is 26.3 Å². The molecule has 4 amide bonds. The maximum atomic E-state index is 12.6. The van der Waals surface area contributed by atoms with Gasteiger partial charge in [-0.25, -0.2) is 9.59 Å². The fraction of sp³-hybridized carbons (Fsp3) is 0.304. The largest absolute Gasteiger partial charge is 0.454 e. The minimum absolute atomic E-state index is 0.189. The number of hydrogen-bond donors (Lipinski definition) is 3. The number of nitrogens with one attached hydrogen (secondary N) is 3. The minimum atomic E-state index is -1.00. The van der Waals surface area contributed by atoms with E-state index in [1.165, 1.54) is 0 Å². The van der Waals surface area contributed by atoms with Crippen molar-refractivity contribution in [2.75, 3.05) is 13.2 Å². The minimum Gasteiger partial charge on any atom is -0.454 e. The van der Waals surface area contributed by atoms with Crippen molar-refractivity contribution in [1.29, 1.82) is 0 Å². The maximum absolute atomic E-state index is 12.6. The molecule has 0 radical (unpaired) electrons. The molecule has 0 fully saturated rings. The molecule has 2 rings (SSSR count). The van der Waals surface area contributed by atoms with Crippen molar-refractivity contribution >= 4 is 23.8 Å². The predicted molar refractivity (Wildman–Crippen MR) is 115 cm³/mol. The first kappa shape index (κ1) is 23.6. The molecular weight excluding hydrogens is 398 g/mol. The van der Waals surface area contributed by atoms with E-state index in [9.17, 15) is 19.2 Å². The molecule has 0 bridgehead atoms. The normalized spacial score (nSPS) is 11.3. The molecular formula is C23H27N3O5. The Balaban J connectivity index is 1.96. The van der Waals surface area contributed by atoms with Crippen LogP contribution < -0.4 is 16.0 Å². The molecule has 0 aliphatic carbocycles. The van der Waals surface area contributed by atoms with Crippen LogP contribution in [0.15, 0.2) is 60.7 Å². The quantitative estimate of drug-likeness (QED) is 0.532. The first-order chi connectivity index (χ1) is 14.8. The van der Waals surface area contributed by atoms with Crippen molar-refractivity contribution in [3.8, 4) is 0 Å². The average molecular weight is 425 g/mol. The lowest BCUT2D eigenvalue weighted by Crippen LogP contribution is -2.46. The molecule has 8 nitrogen and oxygen atoms in total. The summed E-state index contributed by atoms with van der Waals surface area (Å²) >= 11 is 0. The van der Waals surface area contributed by atoms with Crippen LogP contribution in [0.1, 0.15) is 29.8 Å². The topological polar surface area (TPSA) is 114 Å². The van der Waals surface area contributed by atoms with Gasteiger partial charge in [0.15, 0.2) is 6.61 Å². The number of hydrogen-bond acceptors (Lipinski definition) is 5. The summed E-state index contributed by atoms with van der Waals surface area (Å²) < 4.78 is 5.06. The Morgan fingerprint density at radius 2 is 1.52 bits per heavy atom. The number of rotatable bonds is 9. The summed E-state index contributed by atoms with van der Waals surface area (Å²) in [5.74, 6) is -1.74. The van der Waals surface area contributed by atoms with Gasteiger partial charge in [-0.2, -0.15) is 0 Å². The van der Waals surface area contributed by atoms with Crippen LogP contribution in [0.3, 0.4) is 0 Å². The second kappa shape index (κ2) is 12.1. The van der Waals surface area contributed by atoms with Gasteiger partial charge in [-0.15, -0.1) is 0 Å². The monoisotopic (exact) mass is 425 g/mol. The van der Waals surface area contributed by atoms with Crippen molar-refractivity contribution in [3.63, 3.8) is 0 Å². The molecule has 0 aromatic heterocycles. The summed E-state index contributed by atoms with van der Waals surface area (Å²) in [6.07, 6.45) is 0.189. The van der Waals surface area contributed by atoms with Gasteiger partial charge in [0.1, 0.15) is 6.04 Å². The van der Waals surface area contributed by atoms with Crippen LogP contribution in [0, 0.1) is 5.92 Å². The zero-order chi connectivity index (χ0) is 22.6. The van der Waals surface area contributed by atoms with Gasteiger partial charge in [0.2, 0.25) is 0 Å². The summed E-state index contributed by atoms with van der Waals surface area (Å²) in [5, 5.41) is 7.28. The first-order valence-electron chi connectivity index (χ1n) is 9.99. The smallest absolute Gasteiger partial charge is 0.329 e. The van der Waals surface area contributed by atoms with Crippen LogP contribution in [-0.2, 0) is 20.7 Å². The van der Waals surface area contributed by atoms with E-state index in [0.717, 1.165) is 5.56 Å². The lowest BCUT2D eigenvalue weighted by Gasteiger charge is -2.18. The van der Waals surface area contributed by atoms with E-state index in [0.29, 0.717) is 12.1 Å². The van der Waals surface area contributed by atoms with Gasteiger partial charge in [0.25, 0.3) is 11.8 Å². The molecule has 31 heavy (non-hydrogen) atoms. The molecule has 0 spiro atoms.